The molecule has 0 aliphatic carbocycles. The number of rotatable bonds is 1. The first kappa shape index (κ1) is 6.35. The van der Waals surface area contributed by atoms with Crippen LogP contribution in [0.2, 0.25) is 0 Å². The van der Waals surface area contributed by atoms with Crippen LogP contribution in [0, 0.1) is 0 Å². The van der Waals surface area contributed by atoms with Crippen molar-refractivity contribution in [2.24, 2.45) is 5.22 Å². The first-order valence-corrected chi connectivity index (χ1v) is 2.65. The van der Waals surface area contributed by atoms with Crippen molar-refractivity contribution >= 4 is 22.6 Å². The zero-order valence-electron chi connectivity index (χ0n) is 4.91. The van der Waals surface area contributed by atoms with Crippen molar-refractivity contribution in [1.29, 1.82) is 0 Å². The smallest absolute Gasteiger partial charge is 0.355 e. The van der Waals surface area contributed by atoms with Gasteiger partial charge in [-0.15, -0.1) is 5.53 Å². The van der Waals surface area contributed by atoms with Crippen molar-refractivity contribution in [3.63, 3.8) is 0 Å². The van der Waals surface area contributed by atoms with Crippen molar-refractivity contribution in [1.82, 2.24) is 15.1 Å². The molecular weight excluding hydrogens is 116 g/mol. The van der Waals surface area contributed by atoms with E-state index in [1.165, 1.54) is 0 Å². The Morgan fingerprint density at radius 1 is 1.44 bits per heavy atom. The fourth-order valence-corrected chi connectivity index (χ4v) is 0.634. The highest BCUT2D eigenvalue weighted by Crippen LogP contribution is 1.81. The molecule has 9 heteroatoms. The minimum Gasteiger partial charge on any atom is -0.355 e. The van der Waals surface area contributed by atoms with Crippen LogP contribution in [-0.2, 0) is 0 Å². The maximum atomic E-state index is 7.98. The van der Waals surface area contributed by atoms with Gasteiger partial charge in [-0.1, -0.05) is 5.22 Å². The topological polar surface area (TPSA) is 76.1 Å². The summed E-state index contributed by atoms with van der Waals surface area (Å²) in [6, 6.07) is 0. The highest BCUT2D eigenvalue weighted by molar-refractivity contribution is 6.65. The zero-order valence-corrected chi connectivity index (χ0v) is 4.91. The van der Waals surface area contributed by atoms with Gasteiger partial charge in [0.1, 0.15) is 0 Å². The molecule has 0 aromatic carbocycles. The minimum absolute atomic E-state index is 0.622. The summed E-state index contributed by atoms with van der Waals surface area (Å²) in [7, 11) is 2.02. The Labute approximate surface area is 54.4 Å². The summed E-state index contributed by atoms with van der Waals surface area (Å²) in [6.07, 6.45) is 0. The number of azide groups is 1. The molecular formula is H5B3N6. The molecule has 0 saturated carbocycles. The molecule has 0 unspecified atom stereocenters. The maximum absolute atomic E-state index is 7.98. The van der Waals surface area contributed by atoms with Crippen LogP contribution in [0.1, 0.15) is 0 Å². The van der Waals surface area contributed by atoms with Crippen molar-refractivity contribution in [3.05, 3.63) is 10.4 Å². The standard InChI is InChI=1S/B3H5N6/c4-7-8-9-2-5-1-6-3-9/h1-3,5-6H. The Kier molecular flexibility index (Phi) is 2.32. The van der Waals surface area contributed by atoms with Crippen LogP contribution in [0.4, 0.5) is 0 Å². The van der Waals surface area contributed by atoms with Crippen LogP contribution in [0.25, 0.3) is 10.4 Å². The summed E-state index contributed by atoms with van der Waals surface area (Å²) in [5.74, 6) is 0. The van der Waals surface area contributed by atoms with Gasteiger partial charge in [0.25, 0.3) is 7.55 Å². The van der Waals surface area contributed by atoms with Gasteiger partial charge in [0.05, 0.1) is 0 Å². The molecule has 0 aromatic heterocycles. The van der Waals surface area contributed by atoms with Crippen LogP contribution in [0.15, 0.2) is 5.22 Å². The molecule has 1 aliphatic heterocycles. The molecule has 0 spiro atoms. The van der Waals surface area contributed by atoms with Gasteiger partial charge in [-0.05, 0) is 0 Å². The van der Waals surface area contributed by atoms with Crippen LogP contribution in [0.5, 0.6) is 0 Å². The Hall–Kier alpha value is -0.775. The number of hydrogen-bond donors (Lipinski definition) is 2. The predicted molar refractivity (Wildman–Crippen MR) is 38.7 cm³/mol. The van der Waals surface area contributed by atoms with Gasteiger partial charge in [-0.2, -0.15) is 4.91 Å². The molecule has 0 amide bonds. The van der Waals surface area contributed by atoms with E-state index < -0.39 is 0 Å². The molecule has 1 fully saturated rings. The van der Waals surface area contributed by atoms with Gasteiger partial charge in [0, 0.05) is 0 Å². The van der Waals surface area contributed by atoms with Crippen LogP contribution >= 0.6 is 0 Å². The van der Waals surface area contributed by atoms with E-state index in [4.69, 9.17) is 5.53 Å². The summed E-state index contributed by atoms with van der Waals surface area (Å²) in [6.45, 7) is 0. The van der Waals surface area contributed by atoms with Gasteiger partial charge in [0.15, 0.2) is 0 Å². The first-order valence-electron chi connectivity index (χ1n) is 2.65. The Morgan fingerprint density at radius 2 is 2.11 bits per heavy atom. The number of hydrogen-bond acceptors (Lipinski definition) is 3. The molecule has 6 nitrogen and oxygen atoms in total. The lowest BCUT2D eigenvalue weighted by molar-refractivity contribution is 0.700. The Bertz CT molecular complexity index is 120. The molecule has 1 aliphatic rings. The van der Waals surface area contributed by atoms with E-state index in [9.17, 15) is 0 Å². The zero-order chi connectivity index (χ0) is 6.53. The molecule has 1 rings (SSSR count). The molecule has 9 heavy (non-hydrogen) atoms. The second-order valence-electron chi connectivity index (χ2n) is 1.68. The average Bonchev–Trinajstić information content (AvgIpc) is 1.91. The SMILES string of the molecule is [N-]=[N+]=NN1BNBNB1. The molecule has 0 aromatic rings. The van der Waals surface area contributed by atoms with Crippen molar-refractivity contribution in [2.75, 3.05) is 0 Å². The lowest BCUT2D eigenvalue weighted by Gasteiger charge is -2.17. The number of nitrogens with one attached hydrogen (secondary N) is 2. The lowest BCUT2D eigenvalue weighted by Crippen LogP contribution is -2.55. The van der Waals surface area contributed by atoms with E-state index in [-0.39, 0.29) is 0 Å². The molecule has 1 heterocycles. The van der Waals surface area contributed by atoms with Crippen molar-refractivity contribution in [3.8, 4) is 0 Å². The van der Waals surface area contributed by atoms with E-state index >= 15 is 0 Å². The van der Waals surface area contributed by atoms with E-state index in [2.05, 4.69) is 20.4 Å². The average molecular weight is 122 g/mol. The monoisotopic (exact) mass is 122 g/mol. The predicted octanol–water partition coefficient (Wildman–Crippen LogP) is -2.49. The van der Waals surface area contributed by atoms with Gasteiger partial charge < -0.3 is 15.1 Å². The van der Waals surface area contributed by atoms with E-state index in [0.29, 0.717) is 15.1 Å². The third-order valence-corrected chi connectivity index (χ3v) is 1.01. The maximum Gasteiger partial charge on any atom is 0.417 e. The van der Waals surface area contributed by atoms with Crippen LogP contribution < -0.4 is 10.3 Å². The van der Waals surface area contributed by atoms with Crippen LogP contribution in [-0.4, -0.2) is 27.5 Å². The molecule has 2 N–H and O–H groups in total. The molecule has 44 valence electrons. The first-order chi connectivity index (χ1) is 4.43. The summed E-state index contributed by atoms with van der Waals surface area (Å²) < 4.78 is 0. The Balaban J connectivity index is 2.31. The van der Waals surface area contributed by atoms with Crippen LogP contribution in [0.3, 0.4) is 0 Å². The van der Waals surface area contributed by atoms with Gasteiger partial charge in [-0.25, -0.2) is 0 Å². The summed E-state index contributed by atoms with van der Waals surface area (Å²) in [5, 5.41) is 9.31. The second-order valence-corrected chi connectivity index (χ2v) is 1.68. The van der Waals surface area contributed by atoms with Gasteiger partial charge in [-0.3, -0.25) is 0 Å². The minimum atomic E-state index is 0.622. The van der Waals surface area contributed by atoms with E-state index in [0.717, 1.165) is 7.55 Å². The Morgan fingerprint density at radius 3 is 2.67 bits per heavy atom. The summed E-state index contributed by atoms with van der Waals surface area (Å²) in [4.78, 5) is 4.19. The summed E-state index contributed by atoms with van der Waals surface area (Å²) in [5.41, 5.74) is 7.98. The lowest BCUT2D eigenvalue weighted by atomic mass is 9.83. The summed E-state index contributed by atoms with van der Waals surface area (Å²) >= 11 is 0. The van der Waals surface area contributed by atoms with Crippen molar-refractivity contribution in [2.45, 2.75) is 0 Å². The quantitative estimate of drug-likeness (QED) is 0.174. The van der Waals surface area contributed by atoms with E-state index in [1.807, 2.05) is 0 Å². The molecule has 0 radical (unpaired) electrons. The fraction of sp³-hybridized carbons (Fsp3) is 0. The van der Waals surface area contributed by atoms with Gasteiger partial charge in [0.2, 0.25) is 0 Å². The molecule has 1 saturated heterocycles. The fourth-order valence-electron chi connectivity index (χ4n) is 0.634. The highest BCUT2D eigenvalue weighted by Gasteiger charge is 2.14. The third kappa shape index (κ3) is 1.89. The third-order valence-electron chi connectivity index (χ3n) is 1.01. The molecule has 0 atom stereocenters. The van der Waals surface area contributed by atoms with E-state index in [1.54, 1.807) is 4.83 Å². The largest absolute Gasteiger partial charge is 0.417 e. The normalized spacial score (nSPS) is 16.2. The van der Waals surface area contributed by atoms with Gasteiger partial charge >= 0.3 is 15.1 Å². The number of nitrogens with zero attached hydrogens (tertiary/aromatic N) is 4. The molecule has 0 bridgehead atoms. The second kappa shape index (κ2) is 3.29. The highest BCUT2D eigenvalue weighted by atomic mass is 15.5. The van der Waals surface area contributed by atoms with Crippen molar-refractivity contribution < 1.29 is 0 Å².